The number of anilines is 1. The number of aromatic hydroxyl groups is 1. The Hall–Kier alpha value is -2.49. The monoisotopic (exact) mass is 239 g/mol. The number of phenols is 1. The van der Waals surface area contributed by atoms with E-state index in [9.17, 15) is 5.11 Å². The van der Waals surface area contributed by atoms with Gasteiger partial charge in [-0.25, -0.2) is 4.98 Å². The van der Waals surface area contributed by atoms with Gasteiger partial charge in [-0.3, -0.25) is 0 Å². The van der Waals surface area contributed by atoms with Gasteiger partial charge in [-0.15, -0.1) is 0 Å². The van der Waals surface area contributed by atoms with E-state index in [4.69, 9.17) is 0 Å². The van der Waals surface area contributed by atoms with Crippen molar-refractivity contribution in [3.8, 4) is 5.75 Å². The van der Waals surface area contributed by atoms with Gasteiger partial charge in [0.25, 0.3) is 0 Å². The summed E-state index contributed by atoms with van der Waals surface area (Å²) in [5.74, 6) is 1.00. The molecule has 4 nitrogen and oxygen atoms in total. The second-order valence-corrected chi connectivity index (χ2v) is 4.08. The summed E-state index contributed by atoms with van der Waals surface area (Å²) in [6, 6.07) is 15.1. The van der Waals surface area contributed by atoms with Gasteiger partial charge in [0.05, 0.1) is 11.0 Å². The van der Waals surface area contributed by atoms with Gasteiger partial charge in [0.2, 0.25) is 5.95 Å². The minimum atomic E-state index is 0.293. The number of para-hydroxylation sites is 3. The van der Waals surface area contributed by atoms with Gasteiger partial charge in [-0.2, -0.15) is 0 Å². The molecule has 0 fully saturated rings. The lowest BCUT2D eigenvalue weighted by Crippen LogP contribution is -2.00. The lowest BCUT2D eigenvalue weighted by molar-refractivity contribution is 0.469. The number of nitrogens with one attached hydrogen (secondary N) is 2. The maximum Gasteiger partial charge on any atom is 0.201 e. The zero-order chi connectivity index (χ0) is 12.4. The fourth-order valence-corrected chi connectivity index (χ4v) is 1.88. The van der Waals surface area contributed by atoms with Gasteiger partial charge in [-0.1, -0.05) is 30.3 Å². The predicted molar refractivity (Wildman–Crippen MR) is 71.5 cm³/mol. The van der Waals surface area contributed by atoms with Crippen molar-refractivity contribution in [1.82, 2.24) is 9.97 Å². The summed E-state index contributed by atoms with van der Waals surface area (Å²) >= 11 is 0. The van der Waals surface area contributed by atoms with E-state index in [0.29, 0.717) is 18.2 Å². The first kappa shape index (κ1) is 10.7. The first-order valence-corrected chi connectivity index (χ1v) is 5.78. The van der Waals surface area contributed by atoms with Crippen molar-refractivity contribution >= 4 is 17.0 Å². The van der Waals surface area contributed by atoms with Crippen LogP contribution in [0.4, 0.5) is 5.95 Å². The van der Waals surface area contributed by atoms with Crippen LogP contribution >= 0.6 is 0 Å². The molecule has 0 amide bonds. The van der Waals surface area contributed by atoms with Crippen LogP contribution < -0.4 is 5.32 Å². The van der Waals surface area contributed by atoms with Gasteiger partial charge in [-0.05, 0) is 18.2 Å². The molecule has 90 valence electrons. The van der Waals surface area contributed by atoms with Crippen LogP contribution in [0.5, 0.6) is 5.75 Å². The molecule has 0 saturated carbocycles. The molecular formula is C14H13N3O. The molecule has 18 heavy (non-hydrogen) atoms. The van der Waals surface area contributed by atoms with Crippen LogP contribution in [0, 0.1) is 0 Å². The number of phenolic OH excluding ortho intramolecular Hbond substituents is 1. The highest BCUT2D eigenvalue weighted by atomic mass is 16.3. The SMILES string of the molecule is Oc1ccccc1CNc1nc2ccccc2[nH]1. The fraction of sp³-hybridized carbons (Fsp3) is 0.0714. The summed E-state index contributed by atoms with van der Waals surface area (Å²) in [6.07, 6.45) is 0. The van der Waals surface area contributed by atoms with Crippen LogP contribution in [0.25, 0.3) is 11.0 Å². The van der Waals surface area contributed by atoms with E-state index in [1.165, 1.54) is 0 Å². The van der Waals surface area contributed by atoms with Gasteiger partial charge in [0.15, 0.2) is 0 Å². The summed E-state index contributed by atoms with van der Waals surface area (Å²) in [4.78, 5) is 7.59. The number of hydrogen-bond acceptors (Lipinski definition) is 3. The molecule has 0 aliphatic carbocycles. The highest BCUT2D eigenvalue weighted by Gasteiger charge is 2.03. The van der Waals surface area contributed by atoms with Crippen LogP contribution in [0.3, 0.4) is 0 Å². The minimum Gasteiger partial charge on any atom is -0.508 e. The van der Waals surface area contributed by atoms with Gasteiger partial charge in [0.1, 0.15) is 5.75 Å². The Kier molecular flexibility index (Phi) is 2.61. The van der Waals surface area contributed by atoms with Gasteiger partial charge in [0, 0.05) is 12.1 Å². The Balaban J connectivity index is 1.79. The minimum absolute atomic E-state index is 0.293. The van der Waals surface area contributed by atoms with Crippen molar-refractivity contribution in [3.63, 3.8) is 0 Å². The Morgan fingerprint density at radius 3 is 2.67 bits per heavy atom. The molecular weight excluding hydrogens is 226 g/mol. The number of H-pyrrole nitrogens is 1. The molecule has 1 aromatic heterocycles. The van der Waals surface area contributed by atoms with E-state index in [1.54, 1.807) is 12.1 Å². The fourth-order valence-electron chi connectivity index (χ4n) is 1.88. The Morgan fingerprint density at radius 2 is 1.83 bits per heavy atom. The molecule has 1 heterocycles. The van der Waals surface area contributed by atoms with E-state index in [0.717, 1.165) is 16.6 Å². The molecule has 0 spiro atoms. The summed E-state index contributed by atoms with van der Waals surface area (Å²) in [5.41, 5.74) is 2.77. The highest BCUT2D eigenvalue weighted by Crippen LogP contribution is 2.18. The smallest absolute Gasteiger partial charge is 0.201 e. The Labute approximate surface area is 104 Å². The largest absolute Gasteiger partial charge is 0.508 e. The summed E-state index contributed by atoms with van der Waals surface area (Å²) in [5, 5.41) is 12.8. The number of fused-ring (bicyclic) bond motifs is 1. The third-order valence-electron chi connectivity index (χ3n) is 2.83. The number of nitrogens with zero attached hydrogens (tertiary/aromatic N) is 1. The van der Waals surface area contributed by atoms with Crippen LogP contribution in [-0.4, -0.2) is 15.1 Å². The van der Waals surface area contributed by atoms with Crippen molar-refractivity contribution in [2.24, 2.45) is 0 Å². The van der Waals surface area contributed by atoms with Crippen molar-refractivity contribution in [3.05, 3.63) is 54.1 Å². The highest BCUT2D eigenvalue weighted by molar-refractivity contribution is 5.77. The van der Waals surface area contributed by atoms with Crippen molar-refractivity contribution in [2.45, 2.75) is 6.54 Å². The first-order chi connectivity index (χ1) is 8.83. The average molecular weight is 239 g/mol. The number of benzene rings is 2. The molecule has 0 aliphatic heterocycles. The van der Waals surface area contributed by atoms with Crippen LogP contribution in [0.2, 0.25) is 0 Å². The van der Waals surface area contributed by atoms with Crippen LogP contribution in [-0.2, 0) is 6.54 Å². The van der Waals surface area contributed by atoms with Crippen molar-refractivity contribution in [2.75, 3.05) is 5.32 Å². The van der Waals surface area contributed by atoms with E-state index in [2.05, 4.69) is 15.3 Å². The number of aromatic nitrogens is 2. The van der Waals surface area contributed by atoms with Gasteiger partial charge < -0.3 is 15.4 Å². The van der Waals surface area contributed by atoms with E-state index < -0.39 is 0 Å². The molecule has 3 aromatic rings. The molecule has 4 heteroatoms. The molecule has 2 aromatic carbocycles. The summed E-state index contributed by atoms with van der Waals surface area (Å²) < 4.78 is 0. The quantitative estimate of drug-likeness (QED) is 0.658. The maximum absolute atomic E-state index is 9.66. The molecule has 3 rings (SSSR count). The third-order valence-corrected chi connectivity index (χ3v) is 2.83. The second kappa shape index (κ2) is 4.41. The Bertz CT molecular complexity index is 642. The standard InChI is InChI=1S/C14H13N3O/c18-13-8-4-1-5-10(13)9-15-14-16-11-6-2-3-7-12(11)17-14/h1-8,18H,9H2,(H2,15,16,17). The Morgan fingerprint density at radius 1 is 1.06 bits per heavy atom. The number of rotatable bonds is 3. The normalized spacial score (nSPS) is 10.7. The van der Waals surface area contributed by atoms with Crippen molar-refractivity contribution < 1.29 is 5.11 Å². The molecule has 0 atom stereocenters. The number of imidazole rings is 1. The van der Waals surface area contributed by atoms with Gasteiger partial charge >= 0.3 is 0 Å². The summed E-state index contributed by atoms with van der Waals surface area (Å²) in [6.45, 7) is 0.534. The molecule has 0 radical (unpaired) electrons. The second-order valence-electron chi connectivity index (χ2n) is 4.08. The molecule has 0 aliphatic rings. The number of aromatic amines is 1. The third kappa shape index (κ3) is 2.00. The molecule has 3 N–H and O–H groups in total. The lowest BCUT2D eigenvalue weighted by atomic mass is 10.2. The van der Waals surface area contributed by atoms with Crippen molar-refractivity contribution in [1.29, 1.82) is 0 Å². The van der Waals surface area contributed by atoms with E-state index in [1.807, 2.05) is 36.4 Å². The van der Waals surface area contributed by atoms with E-state index in [-0.39, 0.29) is 0 Å². The maximum atomic E-state index is 9.66. The number of hydrogen-bond donors (Lipinski definition) is 3. The molecule has 0 unspecified atom stereocenters. The zero-order valence-corrected chi connectivity index (χ0v) is 9.72. The van der Waals surface area contributed by atoms with E-state index >= 15 is 0 Å². The first-order valence-electron chi connectivity index (χ1n) is 5.78. The average Bonchev–Trinajstić information content (AvgIpc) is 2.80. The summed E-state index contributed by atoms with van der Waals surface area (Å²) in [7, 11) is 0. The predicted octanol–water partition coefficient (Wildman–Crippen LogP) is 2.88. The van der Waals surface area contributed by atoms with Crippen LogP contribution in [0.1, 0.15) is 5.56 Å². The van der Waals surface area contributed by atoms with Crippen LogP contribution in [0.15, 0.2) is 48.5 Å². The molecule has 0 bridgehead atoms. The zero-order valence-electron chi connectivity index (χ0n) is 9.72. The molecule has 0 saturated heterocycles. The topological polar surface area (TPSA) is 60.9 Å². The lowest BCUT2D eigenvalue weighted by Gasteiger charge is -2.04.